The van der Waals surface area contributed by atoms with Gasteiger partial charge in [-0.25, -0.2) is 0 Å². The molecule has 7 aromatic rings. The summed E-state index contributed by atoms with van der Waals surface area (Å²) in [5, 5.41) is 55.7. The number of fused-ring (bicyclic) bond motifs is 1. The number of aromatic nitrogens is 1. The van der Waals surface area contributed by atoms with Gasteiger partial charge in [-0.2, -0.15) is 0 Å². The highest BCUT2D eigenvalue weighted by atomic mass is 35.5. The van der Waals surface area contributed by atoms with Gasteiger partial charge in [-0.1, -0.05) is 180 Å². The largest absolute Gasteiger partial charge is 0.508 e. The number of aromatic hydroxyl groups is 2. The lowest BCUT2D eigenvalue weighted by molar-refractivity contribution is -0.151. The van der Waals surface area contributed by atoms with E-state index >= 15 is 38.4 Å². The average Bonchev–Trinajstić information content (AvgIpc) is 1.48. The van der Waals surface area contributed by atoms with E-state index in [1.54, 1.807) is 143 Å². The molecule has 6 aromatic carbocycles. The van der Waals surface area contributed by atoms with E-state index in [4.69, 9.17) is 17.3 Å². The molecule has 15 N–H and O–H groups in total. The molecule has 2 heterocycles. The van der Waals surface area contributed by atoms with Gasteiger partial charge in [-0.15, -0.1) is 11.8 Å². The molecule has 0 unspecified atom stereocenters. The number of hydrogen-bond acceptors (Lipinski definition) is 19. The highest BCUT2D eigenvalue weighted by Crippen LogP contribution is 2.26. The number of nitrogens with zero attached hydrogens (tertiary/aromatic N) is 5. The third-order valence-electron chi connectivity index (χ3n) is 22.2. The zero-order chi connectivity index (χ0) is 95.2. The second-order valence-corrected chi connectivity index (χ2v) is 34.6. The summed E-state index contributed by atoms with van der Waals surface area (Å²) in [5.41, 5.74) is 8.89. The van der Waals surface area contributed by atoms with Crippen LogP contribution in [0.25, 0.3) is 10.9 Å². The topological polar surface area (TPSA) is 500 Å². The molecule has 696 valence electrons. The van der Waals surface area contributed by atoms with Gasteiger partial charge in [0, 0.05) is 102 Å². The number of carbonyl (C=O) groups excluding carboxylic acids is 15. The maximum Gasteiger partial charge on any atom is 0.305 e. The van der Waals surface area contributed by atoms with E-state index in [0.29, 0.717) is 57.1 Å². The number of para-hydroxylation sites is 1. The molecule has 1 aliphatic heterocycles. The summed E-state index contributed by atoms with van der Waals surface area (Å²) in [6, 6.07) is 24.8. The van der Waals surface area contributed by atoms with E-state index in [1.807, 2.05) is 6.92 Å². The first-order chi connectivity index (χ1) is 61.8. The van der Waals surface area contributed by atoms with Gasteiger partial charge in [-0.3, -0.25) is 76.7 Å². The number of thioether (sulfide) groups is 1. The molecule has 1 aromatic heterocycles. The standard InChI is InChI=1S/C93H117ClN16O19S/c1-11-12-31-74-91(127)107(7)51-79(115)99-70(47-81(117)118)87(123)105-82(55(4)5)93(129)109(9)75(43-56-23-15-13-16-24-56)88(124)103-71(42-59-34-38-63(112)39-35-59)89(125)106(6)50-78(114)98-69(46-61-48-96-66-30-22-20-28-64(61)66)86(122)102-68(41-58-32-36-62(111)37-33-58)85(121)101-67(40-54(2)3)84(120)104-73(83(119)97-49-77(95)113)52-130-53-80(116)100-72(45-60-27-19-21-29-65(60)94)90(126)110(10)76(92(128)108(74)8)44-57-25-17-14-18-26-57/h13-30,32-39,48,54-55,67-76,82,96,111-112H,11-12,31,40-47,49-53H2,1-10H3,(H2,95,113)(H,97,119)(H,98,114)(H,99,115)(H,100,116)(H,101,121)(H,102,122)(H,103,124)(H,104,120)(H,105,123)(H,117,118)/t67-,68-,69-,70-,71-,72-,73-,74-,75-,76-,82-/m0/s1. The van der Waals surface area contributed by atoms with Crippen molar-refractivity contribution in [3.8, 4) is 11.5 Å². The predicted molar refractivity (Wildman–Crippen MR) is 487 cm³/mol. The first kappa shape index (κ1) is 102. The molecule has 11 atom stereocenters. The molecule has 1 saturated heterocycles. The molecule has 0 radical (unpaired) electrons. The van der Waals surface area contributed by atoms with E-state index in [1.165, 1.54) is 83.8 Å². The van der Waals surface area contributed by atoms with Gasteiger partial charge in [0.05, 0.1) is 31.8 Å². The van der Waals surface area contributed by atoms with Crippen molar-refractivity contribution in [1.82, 2.24) is 77.3 Å². The Morgan fingerprint density at radius 3 is 1.52 bits per heavy atom. The summed E-state index contributed by atoms with van der Waals surface area (Å²) >= 11 is 7.55. The normalized spacial score (nSPS) is 21.8. The quantitative estimate of drug-likeness (QED) is 0.0438. The molecule has 35 nitrogen and oxygen atoms in total. The fourth-order valence-corrected chi connectivity index (χ4v) is 16.1. The van der Waals surface area contributed by atoms with Crippen molar-refractivity contribution >= 4 is 129 Å². The number of aliphatic carboxylic acids is 1. The summed E-state index contributed by atoms with van der Waals surface area (Å²) in [7, 11) is 6.48. The van der Waals surface area contributed by atoms with Crippen molar-refractivity contribution in [1.29, 1.82) is 0 Å². The number of likely N-dealkylation sites (N-methyl/N-ethyl adjacent to an activating group) is 5. The molecule has 1 fully saturated rings. The first-order valence-electron chi connectivity index (χ1n) is 42.8. The number of rotatable bonds is 23. The van der Waals surface area contributed by atoms with Gasteiger partial charge in [0.25, 0.3) is 0 Å². The number of benzene rings is 6. The SMILES string of the molecule is CCCC[C@H]1C(=O)N(C)CC(=O)N[C@@H](CC(=O)O)C(=O)N[C@@H](C(C)C)C(=O)N(C)[C@@H](Cc2ccccc2)C(=O)N[C@@H](Cc2ccc(O)cc2)C(=O)N(C)CC(=O)N[C@@H](Cc2c[nH]c3ccccc23)C(=O)N[C@@H](Cc2ccc(O)cc2)C(=O)N[C@@H](CC(C)C)C(=O)N[C@H](C(=O)NCC(N)=O)CSCC(=O)N[C@@H](Cc2ccccc2Cl)C(=O)N(C)[C@@H](Cc2ccccc2)C(=O)N1C. The lowest BCUT2D eigenvalue weighted by Crippen LogP contribution is -2.61. The molecule has 1 aliphatic rings. The van der Waals surface area contributed by atoms with Crippen molar-refractivity contribution in [2.24, 2.45) is 17.6 Å². The first-order valence-corrected chi connectivity index (χ1v) is 44.3. The van der Waals surface area contributed by atoms with Gasteiger partial charge >= 0.3 is 5.97 Å². The third-order valence-corrected chi connectivity index (χ3v) is 23.6. The Kier molecular flexibility index (Phi) is 38.6. The second-order valence-electron chi connectivity index (χ2n) is 33.2. The third kappa shape index (κ3) is 30.4. The van der Waals surface area contributed by atoms with Crippen molar-refractivity contribution in [2.45, 2.75) is 172 Å². The van der Waals surface area contributed by atoms with Crippen LogP contribution in [0.4, 0.5) is 0 Å². The number of nitrogens with two attached hydrogens (primary N) is 1. The Morgan fingerprint density at radius 1 is 0.477 bits per heavy atom. The molecule has 15 amide bonds. The molecule has 0 spiro atoms. The Hall–Kier alpha value is -13.4. The number of primary amides is 1. The molecule has 0 saturated carbocycles. The van der Waals surface area contributed by atoms with Gasteiger partial charge in [0.2, 0.25) is 88.6 Å². The fourth-order valence-electron chi connectivity index (χ4n) is 15.0. The zero-order valence-electron chi connectivity index (χ0n) is 74.4. The predicted octanol–water partition coefficient (Wildman–Crippen LogP) is 2.98. The molecule has 8 rings (SSSR count). The minimum Gasteiger partial charge on any atom is -0.508 e. The zero-order valence-corrected chi connectivity index (χ0v) is 76.0. The summed E-state index contributed by atoms with van der Waals surface area (Å²) < 4.78 is 0. The van der Waals surface area contributed by atoms with E-state index in [0.717, 1.165) is 36.3 Å². The number of phenolic OH excluding ortho intramolecular Hbond substituents is 2. The number of unbranched alkanes of at least 4 members (excludes halogenated alkanes) is 1. The summed E-state index contributed by atoms with van der Waals surface area (Å²) in [5.74, 6) is -17.7. The van der Waals surface area contributed by atoms with E-state index in [2.05, 4.69) is 52.8 Å². The number of carbonyl (C=O) groups is 16. The minimum absolute atomic E-state index is 0.0145. The number of H-pyrrole nitrogens is 1. The van der Waals surface area contributed by atoms with Crippen LogP contribution >= 0.6 is 23.4 Å². The average molecular weight is 1830 g/mol. The molecule has 0 bridgehead atoms. The van der Waals surface area contributed by atoms with E-state index < -0.39 is 205 Å². The number of nitrogens with one attached hydrogen (secondary N) is 10. The lowest BCUT2D eigenvalue weighted by Gasteiger charge is -2.37. The molecular weight excluding hydrogens is 1710 g/mol. The van der Waals surface area contributed by atoms with E-state index in [-0.39, 0.29) is 73.8 Å². The van der Waals surface area contributed by atoms with Crippen LogP contribution in [-0.4, -0.2) is 272 Å². The van der Waals surface area contributed by atoms with Crippen molar-refractivity contribution in [3.63, 3.8) is 0 Å². The highest BCUT2D eigenvalue weighted by molar-refractivity contribution is 8.00. The highest BCUT2D eigenvalue weighted by Gasteiger charge is 2.42. The molecule has 0 aliphatic carbocycles. The summed E-state index contributed by atoms with van der Waals surface area (Å²) in [4.78, 5) is 244. The van der Waals surface area contributed by atoms with Gasteiger partial charge in [0.1, 0.15) is 78.0 Å². The minimum atomic E-state index is -1.91. The Bertz CT molecular complexity index is 5140. The van der Waals surface area contributed by atoms with Crippen LogP contribution in [0, 0.1) is 11.8 Å². The number of amides is 15. The number of phenols is 2. The van der Waals surface area contributed by atoms with Crippen LogP contribution in [-0.2, 0) is 115 Å². The van der Waals surface area contributed by atoms with Crippen LogP contribution in [0.15, 0.2) is 164 Å². The Morgan fingerprint density at radius 2 is 0.946 bits per heavy atom. The maximum atomic E-state index is 15.6. The Labute approximate surface area is 763 Å². The monoisotopic (exact) mass is 1830 g/mol. The van der Waals surface area contributed by atoms with E-state index in [9.17, 15) is 53.7 Å². The fraction of sp³-hybridized carbons (Fsp3) is 0.419. The van der Waals surface area contributed by atoms with Gasteiger partial charge in [0.15, 0.2) is 0 Å². The lowest BCUT2D eigenvalue weighted by atomic mass is 9.98. The van der Waals surface area contributed by atoms with Crippen LogP contribution in [0.1, 0.15) is 100 Å². The second kappa shape index (κ2) is 49.2. The molecule has 130 heavy (non-hydrogen) atoms. The molecular formula is C93H117ClN16O19S. The molecule has 37 heteroatoms. The number of aromatic amines is 1. The van der Waals surface area contributed by atoms with Gasteiger partial charge in [-0.05, 0) is 94.5 Å². The van der Waals surface area contributed by atoms with Crippen molar-refractivity contribution in [2.75, 3.05) is 66.4 Å². The number of carboxylic acid groups (broad SMARTS) is 1. The van der Waals surface area contributed by atoms with Crippen LogP contribution < -0.4 is 53.6 Å². The number of carboxylic acids is 1. The van der Waals surface area contributed by atoms with Gasteiger partial charge < -0.3 is 98.4 Å². The Balaban J connectivity index is 1.22. The summed E-state index contributed by atoms with van der Waals surface area (Å²) in [6.07, 6.45) is -0.140. The number of halogens is 1. The van der Waals surface area contributed by atoms with Crippen LogP contribution in [0.3, 0.4) is 0 Å². The maximum absolute atomic E-state index is 15.6. The van der Waals surface area contributed by atoms with Crippen molar-refractivity contribution < 1.29 is 92.0 Å². The van der Waals surface area contributed by atoms with Crippen LogP contribution in [0.2, 0.25) is 5.02 Å². The van der Waals surface area contributed by atoms with Crippen LogP contribution in [0.5, 0.6) is 11.5 Å². The summed E-state index contributed by atoms with van der Waals surface area (Å²) in [6.45, 7) is 6.12. The number of hydrogen-bond donors (Lipinski definition) is 14. The van der Waals surface area contributed by atoms with Crippen molar-refractivity contribution in [3.05, 3.63) is 202 Å². The smallest absolute Gasteiger partial charge is 0.305 e.